The molecule has 0 aliphatic rings. The average molecular weight is 462 g/mol. The third-order valence-corrected chi connectivity index (χ3v) is 6.36. The van der Waals surface area contributed by atoms with Crippen molar-refractivity contribution in [3.8, 4) is 5.69 Å². The Morgan fingerprint density at radius 3 is 2.52 bits per heavy atom. The minimum absolute atomic E-state index is 0.0598. The van der Waals surface area contributed by atoms with Gasteiger partial charge in [-0.3, -0.25) is 14.2 Å². The highest BCUT2D eigenvalue weighted by Gasteiger charge is 2.18. The third kappa shape index (κ3) is 4.98. The number of carbonyl (C=O) groups is 1. The third-order valence-electron chi connectivity index (χ3n) is 5.43. The molecule has 0 fully saturated rings. The summed E-state index contributed by atoms with van der Waals surface area (Å²) in [5.41, 5.74) is 2.17. The maximum absolute atomic E-state index is 14.3. The molecule has 1 amide bonds. The predicted octanol–water partition coefficient (Wildman–Crippen LogP) is 4.97. The molecule has 0 saturated carbocycles. The first kappa shape index (κ1) is 22.7. The first-order valence-corrected chi connectivity index (χ1v) is 11.7. The van der Waals surface area contributed by atoms with Gasteiger partial charge in [0.1, 0.15) is 5.82 Å². The fraction of sp³-hybridized carbons (Fsp3) is 0.192. The molecule has 33 heavy (non-hydrogen) atoms. The van der Waals surface area contributed by atoms with Crippen LogP contribution in [0.4, 0.5) is 4.39 Å². The van der Waals surface area contributed by atoms with Crippen LogP contribution in [0, 0.1) is 12.7 Å². The molecule has 0 radical (unpaired) electrons. The summed E-state index contributed by atoms with van der Waals surface area (Å²) in [6.45, 7) is 4.68. The molecule has 0 spiro atoms. The highest BCUT2D eigenvalue weighted by molar-refractivity contribution is 7.99. The van der Waals surface area contributed by atoms with E-state index in [1.165, 1.54) is 22.4 Å². The Labute approximate surface area is 195 Å². The van der Waals surface area contributed by atoms with E-state index in [0.717, 1.165) is 5.56 Å². The molecule has 1 aromatic heterocycles. The molecule has 168 valence electrons. The van der Waals surface area contributed by atoms with Crippen molar-refractivity contribution < 1.29 is 9.18 Å². The van der Waals surface area contributed by atoms with Gasteiger partial charge in [-0.25, -0.2) is 9.37 Å². The van der Waals surface area contributed by atoms with Crippen LogP contribution in [0.15, 0.2) is 82.7 Å². The lowest BCUT2D eigenvalue weighted by molar-refractivity contribution is -0.128. The molecule has 0 atom stereocenters. The van der Waals surface area contributed by atoms with E-state index in [-0.39, 0.29) is 17.2 Å². The van der Waals surface area contributed by atoms with E-state index in [2.05, 4.69) is 4.98 Å². The van der Waals surface area contributed by atoms with Crippen molar-refractivity contribution in [2.45, 2.75) is 25.5 Å². The number of hydrogen-bond donors (Lipinski definition) is 0. The number of aromatic nitrogens is 2. The second-order valence-corrected chi connectivity index (χ2v) is 8.61. The molecule has 3 aromatic carbocycles. The van der Waals surface area contributed by atoms with E-state index in [9.17, 15) is 14.0 Å². The van der Waals surface area contributed by atoms with Crippen molar-refractivity contribution in [3.63, 3.8) is 0 Å². The molecule has 0 bridgehead atoms. The van der Waals surface area contributed by atoms with Gasteiger partial charge < -0.3 is 4.90 Å². The average Bonchev–Trinajstić information content (AvgIpc) is 2.83. The van der Waals surface area contributed by atoms with Crippen molar-refractivity contribution in [2.75, 3.05) is 12.3 Å². The minimum atomic E-state index is -0.403. The van der Waals surface area contributed by atoms with Crippen LogP contribution in [0.2, 0.25) is 0 Å². The largest absolute Gasteiger partial charge is 0.338 e. The van der Waals surface area contributed by atoms with Gasteiger partial charge in [0, 0.05) is 13.1 Å². The number of para-hydroxylation sites is 1. The second kappa shape index (κ2) is 10.0. The molecular formula is C26H24FN3O2S. The predicted molar refractivity (Wildman–Crippen MR) is 130 cm³/mol. The Morgan fingerprint density at radius 2 is 1.79 bits per heavy atom. The van der Waals surface area contributed by atoms with Crippen LogP contribution in [0.5, 0.6) is 0 Å². The molecule has 7 heteroatoms. The minimum Gasteiger partial charge on any atom is -0.338 e. The van der Waals surface area contributed by atoms with Crippen LogP contribution in [-0.4, -0.2) is 32.7 Å². The summed E-state index contributed by atoms with van der Waals surface area (Å²) in [7, 11) is 0. The van der Waals surface area contributed by atoms with Crippen molar-refractivity contribution >= 4 is 28.6 Å². The molecule has 0 saturated heterocycles. The van der Waals surface area contributed by atoms with Crippen LogP contribution < -0.4 is 5.56 Å². The topological polar surface area (TPSA) is 55.2 Å². The number of amides is 1. The van der Waals surface area contributed by atoms with E-state index >= 15 is 0 Å². The molecule has 4 aromatic rings. The van der Waals surface area contributed by atoms with Gasteiger partial charge in [-0.05, 0) is 49.2 Å². The first-order chi connectivity index (χ1) is 16.0. The number of aryl methyl sites for hydroxylation is 1. The number of nitrogens with zero attached hydrogens (tertiary/aromatic N) is 3. The number of fused-ring (bicyclic) bond motifs is 1. The van der Waals surface area contributed by atoms with Crippen molar-refractivity contribution in [1.29, 1.82) is 0 Å². The summed E-state index contributed by atoms with van der Waals surface area (Å²) in [4.78, 5) is 32.7. The SMILES string of the molecule is CCN(Cc1ccccc1)C(=O)CSc1nc2ccccc2c(=O)n1-c1ccc(C)c(F)c1. The zero-order valence-electron chi connectivity index (χ0n) is 18.5. The highest BCUT2D eigenvalue weighted by atomic mass is 32.2. The fourth-order valence-corrected chi connectivity index (χ4v) is 4.47. The highest BCUT2D eigenvalue weighted by Crippen LogP contribution is 2.23. The molecule has 5 nitrogen and oxygen atoms in total. The standard InChI is InChI=1S/C26H24FN3O2S/c1-3-29(16-19-9-5-4-6-10-19)24(31)17-33-26-28-23-12-8-7-11-21(23)25(32)30(26)20-14-13-18(2)22(27)15-20/h4-15H,3,16-17H2,1-2H3. The van der Waals surface area contributed by atoms with Gasteiger partial charge in [0.25, 0.3) is 5.56 Å². The summed E-state index contributed by atoms with van der Waals surface area (Å²) >= 11 is 1.18. The Hall–Kier alpha value is -3.45. The van der Waals surface area contributed by atoms with Crippen molar-refractivity contribution in [1.82, 2.24) is 14.5 Å². The quantitative estimate of drug-likeness (QED) is 0.288. The Morgan fingerprint density at radius 1 is 1.06 bits per heavy atom. The van der Waals surface area contributed by atoms with Crippen LogP contribution in [0.1, 0.15) is 18.1 Å². The van der Waals surface area contributed by atoms with Crippen LogP contribution in [-0.2, 0) is 11.3 Å². The smallest absolute Gasteiger partial charge is 0.266 e. The van der Waals surface area contributed by atoms with Crippen molar-refractivity contribution in [2.24, 2.45) is 0 Å². The van der Waals surface area contributed by atoms with Crippen molar-refractivity contribution in [3.05, 3.63) is 100 Å². The van der Waals surface area contributed by atoms with Gasteiger partial charge in [-0.15, -0.1) is 0 Å². The van der Waals surface area contributed by atoms with Crippen LogP contribution in [0.3, 0.4) is 0 Å². The molecule has 4 rings (SSSR count). The van der Waals surface area contributed by atoms with E-state index in [1.807, 2.05) is 43.3 Å². The Bertz CT molecular complexity index is 1360. The summed E-state index contributed by atoms with van der Waals surface area (Å²) in [6.07, 6.45) is 0. The van der Waals surface area contributed by atoms with Gasteiger partial charge in [-0.2, -0.15) is 0 Å². The zero-order valence-corrected chi connectivity index (χ0v) is 19.3. The fourth-order valence-electron chi connectivity index (χ4n) is 3.56. The van der Waals surface area contributed by atoms with E-state index < -0.39 is 5.82 Å². The van der Waals surface area contributed by atoms with Gasteiger partial charge in [-0.1, -0.05) is 60.3 Å². The van der Waals surface area contributed by atoms with Crippen LogP contribution in [0.25, 0.3) is 16.6 Å². The summed E-state index contributed by atoms with van der Waals surface area (Å²) in [5.74, 6) is -0.352. The van der Waals surface area contributed by atoms with Crippen LogP contribution >= 0.6 is 11.8 Å². The molecule has 0 aliphatic carbocycles. The first-order valence-electron chi connectivity index (χ1n) is 10.7. The molecular weight excluding hydrogens is 437 g/mol. The van der Waals surface area contributed by atoms with E-state index in [0.29, 0.717) is 40.4 Å². The Kier molecular flexibility index (Phi) is 6.89. The lowest BCUT2D eigenvalue weighted by atomic mass is 10.2. The second-order valence-electron chi connectivity index (χ2n) is 7.67. The number of hydrogen-bond acceptors (Lipinski definition) is 4. The maximum atomic E-state index is 14.3. The number of rotatable bonds is 7. The maximum Gasteiger partial charge on any atom is 0.266 e. The molecule has 0 aliphatic heterocycles. The van der Waals surface area contributed by atoms with Gasteiger partial charge in [0.05, 0.1) is 22.3 Å². The van der Waals surface area contributed by atoms with E-state index in [4.69, 9.17) is 0 Å². The van der Waals surface area contributed by atoms with Gasteiger partial charge in [0.15, 0.2) is 5.16 Å². The lowest BCUT2D eigenvalue weighted by Gasteiger charge is -2.21. The van der Waals surface area contributed by atoms with Gasteiger partial charge in [0.2, 0.25) is 5.91 Å². The molecule has 0 unspecified atom stereocenters. The lowest BCUT2D eigenvalue weighted by Crippen LogP contribution is -2.32. The molecule has 1 heterocycles. The Balaban J connectivity index is 1.67. The van der Waals surface area contributed by atoms with Gasteiger partial charge >= 0.3 is 0 Å². The zero-order chi connectivity index (χ0) is 23.4. The molecule has 0 N–H and O–H groups in total. The normalized spacial score (nSPS) is 11.0. The van der Waals surface area contributed by atoms with E-state index in [1.54, 1.807) is 42.2 Å². The summed E-state index contributed by atoms with van der Waals surface area (Å²) < 4.78 is 15.7. The summed E-state index contributed by atoms with van der Waals surface area (Å²) in [6, 6.07) is 21.5. The monoisotopic (exact) mass is 461 g/mol. The summed E-state index contributed by atoms with van der Waals surface area (Å²) in [5, 5.41) is 0.791. The number of benzene rings is 3. The number of thioether (sulfide) groups is 1. The number of halogens is 1. The number of carbonyl (C=O) groups excluding carboxylic acids is 1.